The third-order valence-corrected chi connectivity index (χ3v) is 4.55. The summed E-state index contributed by atoms with van der Waals surface area (Å²) in [7, 11) is -3.57. The SMILES string of the molecule is CBc1cc(F)c(COS(=O)(=O)c2ccc(C)cc2)c(F)c1. The second-order valence-electron chi connectivity index (χ2n) is 4.92. The minimum Gasteiger partial charge on any atom is -0.261 e. The van der Waals surface area contributed by atoms with Crippen molar-refractivity contribution >= 4 is 22.9 Å². The first-order chi connectivity index (χ1) is 10.3. The van der Waals surface area contributed by atoms with Crippen LogP contribution < -0.4 is 5.46 Å². The van der Waals surface area contributed by atoms with E-state index >= 15 is 0 Å². The molecule has 2 aromatic carbocycles. The average molecular weight is 324 g/mol. The Kier molecular flexibility index (Phi) is 4.98. The fraction of sp³-hybridized carbons (Fsp3) is 0.200. The lowest BCUT2D eigenvalue weighted by molar-refractivity contribution is 0.296. The predicted molar refractivity (Wildman–Crippen MR) is 82.2 cm³/mol. The highest BCUT2D eigenvalue weighted by Crippen LogP contribution is 2.18. The van der Waals surface area contributed by atoms with E-state index in [0.717, 1.165) is 5.56 Å². The lowest BCUT2D eigenvalue weighted by atomic mass is 9.73. The molecule has 0 saturated heterocycles. The van der Waals surface area contributed by atoms with Crippen LogP contribution in [0.2, 0.25) is 6.82 Å². The maximum atomic E-state index is 13.8. The number of halogens is 2. The molecule has 0 aromatic heterocycles. The van der Waals surface area contributed by atoms with Crippen molar-refractivity contribution in [2.45, 2.75) is 25.2 Å². The highest BCUT2D eigenvalue weighted by Gasteiger charge is 2.18. The summed E-state index contributed by atoms with van der Waals surface area (Å²) in [5.41, 5.74) is 0.999. The molecule has 2 rings (SSSR count). The van der Waals surface area contributed by atoms with Gasteiger partial charge in [0.05, 0.1) is 17.1 Å². The van der Waals surface area contributed by atoms with Crippen molar-refractivity contribution in [3.63, 3.8) is 0 Å². The summed E-state index contributed by atoms with van der Waals surface area (Å²) >= 11 is 0. The molecule has 0 aliphatic heterocycles. The number of rotatable bonds is 5. The summed E-state index contributed by atoms with van der Waals surface area (Å²) in [4.78, 5) is -0.0518. The Morgan fingerprint density at radius 1 is 1.09 bits per heavy atom. The molecular weight excluding hydrogens is 309 g/mol. The monoisotopic (exact) mass is 324 g/mol. The van der Waals surface area contributed by atoms with Crippen LogP contribution in [0.5, 0.6) is 0 Å². The molecule has 0 bridgehead atoms. The van der Waals surface area contributed by atoms with E-state index in [1.54, 1.807) is 19.0 Å². The van der Waals surface area contributed by atoms with E-state index in [-0.39, 0.29) is 4.90 Å². The van der Waals surface area contributed by atoms with Crippen LogP contribution in [0.25, 0.3) is 0 Å². The molecule has 0 atom stereocenters. The van der Waals surface area contributed by atoms with Crippen LogP contribution in [0.3, 0.4) is 0 Å². The Labute approximate surface area is 129 Å². The largest absolute Gasteiger partial charge is 0.297 e. The van der Waals surface area contributed by atoms with E-state index in [4.69, 9.17) is 4.18 Å². The van der Waals surface area contributed by atoms with Gasteiger partial charge in [0.1, 0.15) is 11.6 Å². The van der Waals surface area contributed by atoms with Crippen molar-refractivity contribution in [3.05, 3.63) is 59.2 Å². The van der Waals surface area contributed by atoms with Crippen molar-refractivity contribution in [1.82, 2.24) is 0 Å². The average Bonchev–Trinajstić information content (AvgIpc) is 2.46. The molecule has 116 valence electrons. The fourth-order valence-electron chi connectivity index (χ4n) is 1.91. The second kappa shape index (κ2) is 6.58. The molecule has 0 aliphatic carbocycles. The minimum atomic E-state index is -4.06. The molecule has 0 saturated carbocycles. The Morgan fingerprint density at radius 3 is 2.14 bits per heavy atom. The summed E-state index contributed by atoms with van der Waals surface area (Å²) in [5.74, 6) is -1.62. The van der Waals surface area contributed by atoms with Crippen LogP contribution in [0, 0.1) is 18.6 Å². The van der Waals surface area contributed by atoms with E-state index in [1.165, 1.54) is 24.3 Å². The normalized spacial score (nSPS) is 11.5. The van der Waals surface area contributed by atoms with Crippen molar-refractivity contribution in [2.75, 3.05) is 0 Å². The highest BCUT2D eigenvalue weighted by atomic mass is 32.2. The third kappa shape index (κ3) is 3.72. The van der Waals surface area contributed by atoms with Crippen molar-refractivity contribution in [3.8, 4) is 0 Å². The van der Waals surface area contributed by atoms with Crippen LogP contribution in [0.4, 0.5) is 8.78 Å². The van der Waals surface area contributed by atoms with Gasteiger partial charge in [-0.05, 0) is 31.2 Å². The molecule has 0 aliphatic rings. The van der Waals surface area contributed by atoms with Gasteiger partial charge in [-0.2, -0.15) is 8.42 Å². The zero-order valence-corrected chi connectivity index (χ0v) is 13.1. The van der Waals surface area contributed by atoms with Gasteiger partial charge in [-0.15, -0.1) is 0 Å². The first-order valence-corrected chi connectivity index (χ1v) is 8.17. The fourth-order valence-corrected chi connectivity index (χ4v) is 2.79. The van der Waals surface area contributed by atoms with E-state index in [2.05, 4.69) is 0 Å². The first kappa shape index (κ1) is 16.6. The van der Waals surface area contributed by atoms with E-state index in [1.807, 2.05) is 6.92 Å². The summed E-state index contributed by atoms with van der Waals surface area (Å²) in [5, 5.41) is 0. The lowest BCUT2D eigenvalue weighted by Crippen LogP contribution is -2.16. The quantitative estimate of drug-likeness (QED) is 0.626. The predicted octanol–water partition coefficient (Wildman–Crippen LogP) is 2.29. The van der Waals surface area contributed by atoms with Crippen LogP contribution in [-0.2, 0) is 20.9 Å². The van der Waals surface area contributed by atoms with Crippen LogP contribution in [-0.4, -0.2) is 15.7 Å². The topological polar surface area (TPSA) is 43.4 Å². The standard InChI is InChI=1S/C15H15BF2O3S/c1-10-3-5-12(6-4-10)22(19,20)21-9-13-14(17)7-11(16-2)8-15(13)18/h3-8,16H,9H2,1-2H3. The maximum absolute atomic E-state index is 13.8. The zero-order valence-electron chi connectivity index (χ0n) is 12.3. The van der Waals surface area contributed by atoms with Gasteiger partial charge in [0.2, 0.25) is 0 Å². The summed E-state index contributed by atoms with van der Waals surface area (Å²) in [6.07, 6.45) is 0. The van der Waals surface area contributed by atoms with Gasteiger partial charge in [-0.25, -0.2) is 8.78 Å². The molecule has 0 N–H and O–H groups in total. The second-order valence-corrected chi connectivity index (χ2v) is 6.54. The third-order valence-electron chi connectivity index (χ3n) is 3.28. The maximum Gasteiger partial charge on any atom is 0.297 e. The Morgan fingerprint density at radius 2 is 1.64 bits per heavy atom. The van der Waals surface area contributed by atoms with Gasteiger partial charge in [0, 0.05) is 0 Å². The molecule has 2 aromatic rings. The Balaban J connectivity index is 2.21. The summed E-state index contributed by atoms with van der Waals surface area (Å²) < 4.78 is 56.4. The van der Waals surface area contributed by atoms with Gasteiger partial charge in [0.25, 0.3) is 10.1 Å². The molecule has 0 fully saturated rings. The van der Waals surface area contributed by atoms with Gasteiger partial charge in [-0.1, -0.05) is 30.0 Å². The smallest absolute Gasteiger partial charge is 0.261 e. The van der Waals surface area contributed by atoms with Crippen LogP contribution >= 0.6 is 0 Å². The zero-order chi connectivity index (χ0) is 16.3. The number of benzene rings is 2. The molecule has 0 heterocycles. The number of aryl methyl sites for hydroxylation is 1. The highest BCUT2D eigenvalue weighted by molar-refractivity contribution is 7.86. The van der Waals surface area contributed by atoms with Gasteiger partial charge < -0.3 is 0 Å². The molecule has 7 heteroatoms. The molecule has 0 radical (unpaired) electrons. The van der Waals surface area contributed by atoms with E-state index in [0.29, 0.717) is 12.7 Å². The van der Waals surface area contributed by atoms with Crippen LogP contribution in [0.1, 0.15) is 11.1 Å². The van der Waals surface area contributed by atoms with Crippen LogP contribution in [0.15, 0.2) is 41.3 Å². The Hall–Kier alpha value is -1.73. The van der Waals surface area contributed by atoms with E-state index < -0.39 is 33.9 Å². The first-order valence-electron chi connectivity index (χ1n) is 6.76. The van der Waals surface area contributed by atoms with Crippen molar-refractivity contribution in [1.29, 1.82) is 0 Å². The van der Waals surface area contributed by atoms with Gasteiger partial charge in [0.15, 0.2) is 7.28 Å². The van der Waals surface area contributed by atoms with E-state index in [9.17, 15) is 17.2 Å². The van der Waals surface area contributed by atoms with Gasteiger partial charge in [-0.3, -0.25) is 4.18 Å². The molecule has 22 heavy (non-hydrogen) atoms. The van der Waals surface area contributed by atoms with Gasteiger partial charge >= 0.3 is 0 Å². The molecule has 3 nitrogen and oxygen atoms in total. The summed E-state index contributed by atoms with van der Waals surface area (Å²) in [6.45, 7) is 2.90. The van der Waals surface area contributed by atoms with Crippen molar-refractivity contribution in [2.24, 2.45) is 0 Å². The number of hydrogen-bond acceptors (Lipinski definition) is 3. The number of hydrogen-bond donors (Lipinski definition) is 0. The summed E-state index contributed by atoms with van der Waals surface area (Å²) in [6, 6.07) is 8.37. The Bertz CT molecular complexity index is 751. The molecule has 0 unspecified atom stereocenters. The van der Waals surface area contributed by atoms with Crippen molar-refractivity contribution < 1.29 is 21.4 Å². The lowest BCUT2D eigenvalue weighted by Gasteiger charge is -2.09. The minimum absolute atomic E-state index is 0.0518. The molecular formula is C15H15BF2O3S. The molecule has 0 amide bonds. The molecule has 0 spiro atoms.